The van der Waals surface area contributed by atoms with E-state index in [0.717, 1.165) is 0 Å². The molecule has 1 saturated heterocycles. The monoisotopic (exact) mass is 422 g/mol. The second-order valence-electron chi connectivity index (χ2n) is 6.34. The number of aromatic nitrogens is 4. The molecule has 0 spiro atoms. The minimum absolute atomic E-state index is 0.0777. The lowest BCUT2D eigenvalue weighted by molar-refractivity contribution is -0.166. The fraction of sp³-hybridized carbons (Fsp3) is 0.500. The van der Waals surface area contributed by atoms with E-state index < -0.39 is 48.4 Å². The highest BCUT2D eigenvalue weighted by Crippen LogP contribution is 2.36. The average Bonchev–Trinajstić information content (AvgIpc) is 3.21. The number of nitrogen functional groups attached to an aromatic ring is 1. The van der Waals surface area contributed by atoms with E-state index in [1.807, 2.05) is 0 Å². The summed E-state index contributed by atoms with van der Waals surface area (Å²) < 4.78 is 22.8. The number of ether oxygens (including phenoxy) is 4. The van der Waals surface area contributed by atoms with Crippen LogP contribution in [0.15, 0.2) is 11.5 Å². The molecule has 0 unspecified atom stereocenters. The van der Waals surface area contributed by atoms with Crippen LogP contribution in [0.2, 0.25) is 0 Å². The van der Waals surface area contributed by atoms with Gasteiger partial charge in [-0.05, 0) is 0 Å². The number of nitrogens with zero attached hydrogens (tertiary/aromatic N) is 5. The number of anilines is 1. The Morgan fingerprint density at radius 1 is 1.13 bits per heavy atom. The van der Waals surface area contributed by atoms with Crippen molar-refractivity contribution in [2.75, 3.05) is 12.3 Å². The Balaban J connectivity index is 2.06. The first kappa shape index (κ1) is 21.0. The van der Waals surface area contributed by atoms with Gasteiger partial charge in [-0.2, -0.15) is 9.97 Å². The Kier molecular flexibility index (Phi) is 5.86. The van der Waals surface area contributed by atoms with Gasteiger partial charge >= 0.3 is 17.9 Å². The number of nitroso groups, excluding NO2 is 1. The molecule has 0 bridgehead atoms. The lowest BCUT2D eigenvalue weighted by Gasteiger charge is -2.23. The SMILES string of the molecule is CC(=O)OC[C@H]1O[C@@H](n2cnc3c(N)nc(N=O)nc32)[C@H](OC(C)=O)[C@@H]1OC(C)=O. The van der Waals surface area contributed by atoms with Gasteiger partial charge in [0.15, 0.2) is 29.9 Å². The predicted molar refractivity (Wildman–Crippen MR) is 96.8 cm³/mol. The van der Waals surface area contributed by atoms with E-state index in [9.17, 15) is 19.3 Å². The van der Waals surface area contributed by atoms with Gasteiger partial charge in [0.25, 0.3) is 5.95 Å². The van der Waals surface area contributed by atoms with Gasteiger partial charge in [-0.3, -0.25) is 19.0 Å². The number of imidazole rings is 1. The second kappa shape index (κ2) is 8.36. The zero-order valence-electron chi connectivity index (χ0n) is 16.2. The maximum absolute atomic E-state index is 11.7. The van der Waals surface area contributed by atoms with Crippen molar-refractivity contribution in [2.24, 2.45) is 5.18 Å². The molecule has 4 atom stereocenters. The molecule has 0 aliphatic carbocycles. The maximum atomic E-state index is 11.7. The van der Waals surface area contributed by atoms with E-state index in [1.165, 1.54) is 31.7 Å². The van der Waals surface area contributed by atoms with Crippen LogP contribution in [0.1, 0.15) is 27.0 Å². The van der Waals surface area contributed by atoms with Crippen molar-refractivity contribution < 1.29 is 33.3 Å². The molecule has 0 amide bonds. The Morgan fingerprint density at radius 3 is 2.40 bits per heavy atom. The van der Waals surface area contributed by atoms with E-state index >= 15 is 0 Å². The van der Waals surface area contributed by atoms with Crippen molar-refractivity contribution in [3.05, 3.63) is 11.2 Å². The third-order valence-electron chi connectivity index (χ3n) is 4.13. The number of carbonyl (C=O) groups is 3. The van der Waals surface area contributed by atoms with E-state index in [-0.39, 0.29) is 23.6 Å². The second-order valence-corrected chi connectivity index (χ2v) is 6.34. The molecule has 0 saturated carbocycles. The molecule has 1 aliphatic rings. The lowest BCUT2D eigenvalue weighted by Crippen LogP contribution is -2.40. The van der Waals surface area contributed by atoms with Crippen LogP contribution >= 0.6 is 0 Å². The van der Waals surface area contributed by atoms with Gasteiger partial charge in [-0.25, -0.2) is 4.98 Å². The first-order chi connectivity index (χ1) is 14.2. The molecule has 30 heavy (non-hydrogen) atoms. The zero-order valence-corrected chi connectivity index (χ0v) is 16.2. The molecule has 3 heterocycles. The van der Waals surface area contributed by atoms with Gasteiger partial charge in [0.2, 0.25) is 0 Å². The number of carbonyl (C=O) groups excluding carboxylic acids is 3. The highest BCUT2D eigenvalue weighted by molar-refractivity contribution is 5.82. The highest BCUT2D eigenvalue weighted by Gasteiger charge is 2.51. The van der Waals surface area contributed by atoms with Crippen molar-refractivity contribution in [1.29, 1.82) is 0 Å². The van der Waals surface area contributed by atoms with E-state index in [1.54, 1.807) is 0 Å². The topological polar surface area (TPSA) is 187 Å². The summed E-state index contributed by atoms with van der Waals surface area (Å²) in [7, 11) is 0. The van der Waals surface area contributed by atoms with E-state index in [4.69, 9.17) is 24.7 Å². The Labute approximate surface area is 168 Å². The smallest absolute Gasteiger partial charge is 0.303 e. The van der Waals surface area contributed by atoms with Crippen molar-refractivity contribution in [2.45, 2.75) is 45.3 Å². The number of rotatable bonds is 6. The molecule has 0 aromatic carbocycles. The van der Waals surface area contributed by atoms with Gasteiger partial charge in [0, 0.05) is 25.9 Å². The Hall–Kier alpha value is -3.68. The number of hydrogen-bond acceptors (Lipinski definition) is 13. The summed E-state index contributed by atoms with van der Waals surface area (Å²) in [6, 6.07) is 0. The maximum Gasteiger partial charge on any atom is 0.303 e. The molecule has 0 radical (unpaired) electrons. The minimum Gasteiger partial charge on any atom is -0.463 e. The molecular weight excluding hydrogens is 404 g/mol. The lowest BCUT2D eigenvalue weighted by atomic mass is 10.1. The molecule has 160 valence electrons. The van der Waals surface area contributed by atoms with Crippen LogP contribution in [0.4, 0.5) is 11.8 Å². The molecule has 14 heteroatoms. The van der Waals surface area contributed by atoms with Crippen LogP contribution in [-0.4, -0.2) is 62.3 Å². The van der Waals surface area contributed by atoms with Crippen LogP contribution in [0, 0.1) is 4.91 Å². The standard InChI is InChI=1S/C16H18N6O8/c1-6(23)27-4-9-11(28-7(2)24)12(29-8(3)25)15(30-9)22-5-18-10-13(17)19-16(21-26)20-14(10)22/h5,9,11-12,15H,4H2,1-3H3,(H2,17,19,20)/t9-,11-,12-,15-/m1/s1. The summed E-state index contributed by atoms with van der Waals surface area (Å²) in [5.41, 5.74) is 6.01. The summed E-state index contributed by atoms with van der Waals surface area (Å²) in [5, 5.41) is 2.67. The van der Waals surface area contributed by atoms with Gasteiger partial charge < -0.3 is 24.7 Å². The zero-order chi connectivity index (χ0) is 22.0. The van der Waals surface area contributed by atoms with Crippen LogP contribution in [0.5, 0.6) is 0 Å². The molecule has 2 aromatic heterocycles. The molecule has 2 aromatic rings. The minimum atomic E-state index is -1.15. The number of nitrogens with two attached hydrogens (primary N) is 1. The van der Waals surface area contributed by atoms with Gasteiger partial charge in [0.05, 0.1) is 6.33 Å². The number of hydrogen-bond donors (Lipinski definition) is 1. The van der Waals surface area contributed by atoms with Crippen LogP contribution < -0.4 is 5.73 Å². The van der Waals surface area contributed by atoms with E-state index in [2.05, 4.69) is 20.1 Å². The van der Waals surface area contributed by atoms with Crippen molar-refractivity contribution in [3.63, 3.8) is 0 Å². The summed E-state index contributed by atoms with van der Waals surface area (Å²) in [6.45, 7) is 3.27. The quantitative estimate of drug-likeness (QED) is 0.377. The fourth-order valence-corrected chi connectivity index (χ4v) is 3.07. The van der Waals surface area contributed by atoms with Crippen molar-refractivity contribution >= 4 is 40.8 Å². The van der Waals surface area contributed by atoms with Crippen LogP contribution in [-0.2, 0) is 33.3 Å². The molecule has 1 aliphatic heterocycles. The average molecular weight is 422 g/mol. The highest BCUT2D eigenvalue weighted by atomic mass is 16.7. The number of fused-ring (bicyclic) bond motifs is 1. The summed E-state index contributed by atoms with van der Waals surface area (Å²) in [5.74, 6) is -2.44. The van der Waals surface area contributed by atoms with E-state index in [0.29, 0.717) is 0 Å². The normalized spacial score (nSPS) is 23.2. The fourth-order valence-electron chi connectivity index (χ4n) is 3.07. The van der Waals surface area contributed by atoms with Crippen LogP contribution in [0.25, 0.3) is 11.2 Å². The van der Waals surface area contributed by atoms with Crippen molar-refractivity contribution in [1.82, 2.24) is 19.5 Å². The van der Waals surface area contributed by atoms with Gasteiger partial charge in [-0.15, -0.1) is 4.91 Å². The molecule has 14 nitrogen and oxygen atoms in total. The summed E-state index contributed by atoms with van der Waals surface area (Å²) in [4.78, 5) is 57.2. The summed E-state index contributed by atoms with van der Waals surface area (Å²) >= 11 is 0. The third-order valence-corrected chi connectivity index (χ3v) is 4.13. The molecule has 3 rings (SSSR count). The van der Waals surface area contributed by atoms with Crippen LogP contribution in [0.3, 0.4) is 0 Å². The largest absolute Gasteiger partial charge is 0.463 e. The van der Waals surface area contributed by atoms with Crippen molar-refractivity contribution in [3.8, 4) is 0 Å². The first-order valence-corrected chi connectivity index (χ1v) is 8.68. The molecular formula is C16H18N6O8. The third kappa shape index (κ3) is 4.17. The first-order valence-electron chi connectivity index (χ1n) is 8.68. The van der Waals surface area contributed by atoms with Gasteiger partial charge in [-0.1, -0.05) is 0 Å². The molecule has 1 fully saturated rings. The summed E-state index contributed by atoms with van der Waals surface area (Å²) in [6.07, 6.45) is -3.03. The van der Waals surface area contributed by atoms with Gasteiger partial charge in [0.1, 0.15) is 18.2 Å². The predicted octanol–water partition coefficient (Wildman–Crippen LogP) is 0.130. The Bertz CT molecular complexity index is 1010. The Morgan fingerprint density at radius 2 is 1.80 bits per heavy atom. The number of esters is 3. The molecule has 2 N–H and O–H groups in total.